The molecule has 0 aromatic heterocycles. The average Bonchev–Trinajstić information content (AvgIpc) is 2.36. The number of rotatable bonds is 6. The quantitative estimate of drug-likeness (QED) is 0.702. The largest absolute Gasteiger partial charge is 0.491 e. The van der Waals surface area contributed by atoms with Gasteiger partial charge in [0.1, 0.15) is 5.60 Å². The third-order valence-electron chi connectivity index (χ3n) is 2.41. The van der Waals surface area contributed by atoms with Crippen LogP contribution in [0.15, 0.2) is 16.6 Å². The van der Waals surface area contributed by atoms with E-state index in [0.29, 0.717) is 30.5 Å². The first kappa shape index (κ1) is 18.9. The lowest BCUT2D eigenvalue weighted by atomic mass is 10.2. The fourth-order valence-corrected chi connectivity index (χ4v) is 2.58. The summed E-state index contributed by atoms with van der Waals surface area (Å²) in [6.45, 7) is 8.87. The van der Waals surface area contributed by atoms with Crippen LogP contribution in [0.4, 0.5) is 10.5 Å². The number of halogens is 2. The number of hydrogen-bond acceptors (Lipinski definition) is 4. The van der Waals surface area contributed by atoms with Crippen LogP contribution in [0.2, 0.25) is 5.02 Å². The van der Waals surface area contributed by atoms with Gasteiger partial charge in [0.05, 0.1) is 16.8 Å². The van der Waals surface area contributed by atoms with Gasteiger partial charge in [-0.1, -0.05) is 11.6 Å². The summed E-state index contributed by atoms with van der Waals surface area (Å²) in [7, 11) is 0. The molecule has 22 heavy (non-hydrogen) atoms. The topological polar surface area (TPSA) is 59.6 Å². The van der Waals surface area contributed by atoms with Crippen molar-refractivity contribution < 1.29 is 14.3 Å². The molecule has 1 rings (SSSR count). The van der Waals surface area contributed by atoms with E-state index >= 15 is 0 Å². The number of carbonyl (C=O) groups excluding carboxylic acids is 1. The first-order valence-corrected chi connectivity index (χ1v) is 8.22. The SMILES string of the molecule is CCOc1c(Br)cc(Cl)cc1NCCNC(=O)OC(C)(C)C. The molecule has 1 aromatic rings. The molecule has 0 heterocycles. The van der Waals surface area contributed by atoms with Gasteiger partial charge in [-0.05, 0) is 55.8 Å². The van der Waals surface area contributed by atoms with E-state index in [0.717, 1.165) is 10.2 Å². The second kappa shape index (κ2) is 8.48. The van der Waals surface area contributed by atoms with Crippen molar-refractivity contribution in [2.75, 3.05) is 25.0 Å². The normalized spacial score (nSPS) is 11.0. The first-order valence-electron chi connectivity index (χ1n) is 7.05. The summed E-state index contributed by atoms with van der Waals surface area (Å²) in [4.78, 5) is 11.5. The van der Waals surface area contributed by atoms with Gasteiger partial charge < -0.3 is 20.1 Å². The zero-order chi connectivity index (χ0) is 16.8. The highest BCUT2D eigenvalue weighted by molar-refractivity contribution is 9.10. The fourth-order valence-electron chi connectivity index (χ4n) is 1.66. The van der Waals surface area contributed by atoms with Crippen LogP contribution in [-0.4, -0.2) is 31.4 Å². The molecule has 0 atom stereocenters. The highest BCUT2D eigenvalue weighted by atomic mass is 79.9. The van der Waals surface area contributed by atoms with Crippen LogP contribution in [0, 0.1) is 0 Å². The van der Waals surface area contributed by atoms with Crippen LogP contribution in [0.3, 0.4) is 0 Å². The first-order chi connectivity index (χ1) is 10.2. The van der Waals surface area contributed by atoms with Gasteiger partial charge in [0.2, 0.25) is 0 Å². The predicted molar refractivity (Wildman–Crippen MR) is 93.0 cm³/mol. The summed E-state index contributed by atoms with van der Waals surface area (Å²) in [6, 6.07) is 3.56. The van der Waals surface area contributed by atoms with Gasteiger partial charge in [-0.25, -0.2) is 4.79 Å². The third-order valence-corrected chi connectivity index (χ3v) is 3.21. The molecule has 1 aromatic carbocycles. The molecule has 0 saturated heterocycles. The maximum absolute atomic E-state index is 11.5. The Morgan fingerprint density at radius 1 is 1.32 bits per heavy atom. The molecule has 0 aliphatic heterocycles. The van der Waals surface area contributed by atoms with Gasteiger partial charge >= 0.3 is 6.09 Å². The van der Waals surface area contributed by atoms with Crippen LogP contribution in [0.1, 0.15) is 27.7 Å². The van der Waals surface area contributed by atoms with Crippen molar-refractivity contribution in [3.8, 4) is 5.75 Å². The van der Waals surface area contributed by atoms with Crippen LogP contribution in [0.5, 0.6) is 5.75 Å². The van der Waals surface area contributed by atoms with E-state index in [1.54, 1.807) is 12.1 Å². The molecule has 0 bridgehead atoms. The minimum Gasteiger partial charge on any atom is -0.491 e. The van der Waals surface area contributed by atoms with Crippen molar-refractivity contribution in [3.63, 3.8) is 0 Å². The van der Waals surface area contributed by atoms with Crippen LogP contribution < -0.4 is 15.4 Å². The van der Waals surface area contributed by atoms with Gasteiger partial charge in [0.25, 0.3) is 0 Å². The molecular formula is C15H22BrClN2O3. The predicted octanol–water partition coefficient (Wildman–Crippen LogP) is 4.44. The molecule has 1 amide bonds. The number of amides is 1. The van der Waals surface area contributed by atoms with E-state index in [4.69, 9.17) is 21.1 Å². The smallest absolute Gasteiger partial charge is 0.407 e. The Kier molecular flexibility index (Phi) is 7.29. The van der Waals surface area contributed by atoms with Crippen LogP contribution in [0.25, 0.3) is 0 Å². The van der Waals surface area contributed by atoms with E-state index < -0.39 is 11.7 Å². The van der Waals surface area contributed by atoms with Crippen molar-refractivity contribution in [1.82, 2.24) is 5.32 Å². The van der Waals surface area contributed by atoms with Crippen LogP contribution in [-0.2, 0) is 4.74 Å². The minimum absolute atomic E-state index is 0.421. The lowest BCUT2D eigenvalue weighted by Crippen LogP contribution is -2.35. The Morgan fingerprint density at radius 3 is 2.59 bits per heavy atom. The second-order valence-electron chi connectivity index (χ2n) is 5.55. The number of alkyl carbamates (subject to hydrolysis) is 1. The van der Waals surface area contributed by atoms with E-state index in [2.05, 4.69) is 26.6 Å². The van der Waals surface area contributed by atoms with E-state index in [9.17, 15) is 4.79 Å². The minimum atomic E-state index is -0.503. The molecular weight excluding hydrogens is 372 g/mol. The summed E-state index contributed by atoms with van der Waals surface area (Å²) in [5.41, 5.74) is 0.268. The summed E-state index contributed by atoms with van der Waals surface area (Å²) >= 11 is 9.47. The molecule has 0 saturated carbocycles. The maximum atomic E-state index is 11.5. The third kappa shape index (κ3) is 6.75. The standard InChI is InChI=1S/C15H22BrClN2O3/c1-5-21-13-11(16)8-10(17)9-12(13)18-6-7-19-14(20)22-15(2,3)4/h8-9,18H,5-7H2,1-4H3,(H,19,20). The summed E-state index contributed by atoms with van der Waals surface area (Å²) in [6.07, 6.45) is -0.438. The molecule has 0 spiro atoms. The Morgan fingerprint density at radius 2 is 2.00 bits per heavy atom. The highest BCUT2D eigenvalue weighted by Crippen LogP contribution is 2.36. The van der Waals surface area contributed by atoms with Crippen molar-refractivity contribution in [2.45, 2.75) is 33.3 Å². The van der Waals surface area contributed by atoms with Gasteiger partial charge in [-0.3, -0.25) is 0 Å². The average molecular weight is 394 g/mol. The lowest BCUT2D eigenvalue weighted by molar-refractivity contribution is 0.0530. The number of benzene rings is 1. The fraction of sp³-hybridized carbons (Fsp3) is 0.533. The number of nitrogens with one attached hydrogen (secondary N) is 2. The monoisotopic (exact) mass is 392 g/mol. The Balaban J connectivity index is 2.53. The zero-order valence-corrected chi connectivity index (χ0v) is 15.6. The number of carbonyl (C=O) groups is 1. The Bertz CT molecular complexity index is 518. The Hall–Kier alpha value is -1.14. The molecule has 0 radical (unpaired) electrons. The number of anilines is 1. The molecule has 0 fully saturated rings. The van der Waals surface area contributed by atoms with E-state index in [1.165, 1.54) is 0 Å². The summed E-state index contributed by atoms with van der Waals surface area (Å²) < 4.78 is 11.5. The lowest BCUT2D eigenvalue weighted by Gasteiger charge is -2.20. The van der Waals surface area contributed by atoms with Gasteiger partial charge in [0, 0.05) is 18.1 Å². The van der Waals surface area contributed by atoms with Crippen molar-refractivity contribution in [2.24, 2.45) is 0 Å². The zero-order valence-electron chi connectivity index (χ0n) is 13.3. The number of ether oxygens (including phenoxy) is 2. The van der Waals surface area contributed by atoms with Gasteiger partial charge in [-0.2, -0.15) is 0 Å². The second-order valence-corrected chi connectivity index (χ2v) is 6.84. The van der Waals surface area contributed by atoms with Crippen molar-refractivity contribution >= 4 is 39.3 Å². The molecule has 5 nitrogen and oxygen atoms in total. The van der Waals surface area contributed by atoms with Crippen molar-refractivity contribution in [3.05, 3.63) is 21.6 Å². The van der Waals surface area contributed by atoms with Gasteiger partial charge in [0.15, 0.2) is 5.75 Å². The van der Waals surface area contributed by atoms with Gasteiger partial charge in [-0.15, -0.1) is 0 Å². The molecule has 7 heteroatoms. The summed E-state index contributed by atoms with van der Waals surface area (Å²) in [5.74, 6) is 0.698. The highest BCUT2D eigenvalue weighted by Gasteiger charge is 2.15. The van der Waals surface area contributed by atoms with Crippen LogP contribution >= 0.6 is 27.5 Å². The Labute approximate surface area is 144 Å². The van der Waals surface area contributed by atoms with E-state index in [1.807, 2.05) is 27.7 Å². The van der Waals surface area contributed by atoms with E-state index in [-0.39, 0.29) is 0 Å². The molecule has 2 N–H and O–H groups in total. The molecule has 0 unspecified atom stereocenters. The summed E-state index contributed by atoms with van der Waals surface area (Å²) in [5, 5.41) is 6.46. The number of hydrogen-bond donors (Lipinski definition) is 2. The van der Waals surface area contributed by atoms with Crippen molar-refractivity contribution in [1.29, 1.82) is 0 Å². The molecule has 0 aliphatic carbocycles. The maximum Gasteiger partial charge on any atom is 0.407 e. The molecule has 124 valence electrons. The molecule has 0 aliphatic rings.